The Hall–Kier alpha value is -2.08. The van der Waals surface area contributed by atoms with Crippen LogP contribution in [0.1, 0.15) is 40.0 Å². The fraction of sp³-hybridized carbons (Fsp3) is 0.579. The smallest absolute Gasteiger partial charge is 0.241 e. The number of likely N-dealkylation sites (tertiary alicyclic amines) is 1. The van der Waals surface area contributed by atoms with E-state index in [4.69, 9.17) is 4.74 Å². The standard InChI is InChI=1S/C19H29N3O3/c1-4-18(23)20-15-9-8-12-22(13-15)14(3)19(24)21-16-10-6-7-11-17(16)25-5-2/h6-7,10-11,14-15H,4-5,8-9,12-13H2,1-3H3,(H,20,23)(H,21,24). The molecule has 0 aliphatic carbocycles. The van der Waals surface area contributed by atoms with Crippen LogP contribution in [0.5, 0.6) is 5.75 Å². The van der Waals surface area contributed by atoms with Gasteiger partial charge in [-0.05, 0) is 45.4 Å². The molecule has 2 amide bonds. The third-order valence-corrected chi connectivity index (χ3v) is 4.51. The summed E-state index contributed by atoms with van der Waals surface area (Å²) in [6.07, 6.45) is 2.42. The average Bonchev–Trinajstić information content (AvgIpc) is 2.63. The molecule has 2 rings (SSSR count). The Bertz CT molecular complexity index is 591. The van der Waals surface area contributed by atoms with Crippen molar-refractivity contribution < 1.29 is 14.3 Å². The molecule has 25 heavy (non-hydrogen) atoms. The predicted molar refractivity (Wildman–Crippen MR) is 98.7 cm³/mol. The third kappa shape index (κ3) is 5.46. The van der Waals surface area contributed by atoms with Crippen molar-refractivity contribution in [3.05, 3.63) is 24.3 Å². The van der Waals surface area contributed by atoms with Gasteiger partial charge in [0.2, 0.25) is 11.8 Å². The van der Waals surface area contributed by atoms with Gasteiger partial charge < -0.3 is 15.4 Å². The lowest BCUT2D eigenvalue weighted by molar-refractivity contribution is -0.122. The average molecular weight is 347 g/mol. The van der Waals surface area contributed by atoms with Gasteiger partial charge >= 0.3 is 0 Å². The molecule has 0 bridgehead atoms. The maximum absolute atomic E-state index is 12.7. The summed E-state index contributed by atoms with van der Waals surface area (Å²) in [6, 6.07) is 7.30. The van der Waals surface area contributed by atoms with E-state index in [2.05, 4.69) is 15.5 Å². The lowest BCUT2D eigenvalue weighted by Gasteiger charge is -2.36. The third-order valence-electron chi connectivity index (χ3n) is 4.51. The van der Waals surface area contributed by atoms with Crippen LogP contribution in [0.4, 0.5) is 5.69 Å². The zero-order chi connectivity index (χ0) is 18.2. The number of nitrogens with zero attached hydrogens (tertiary/aromatic N) is 1. The SMILES string of the molecule is CCOc1ccccc1NC(=O)C(C)N1CCCC(NC(=O)CC)C1. The fourth-order valence-electron chi connectivity index (χ4n) is 3.06. The van der Waals surface area contributed by atoms with E-state index in [1.165, 1.54) is 0 Å². The van der Waals surface area contributed by atoms with Crippen molar-refractivity contribution in [1.82, 2.24) is 10.2 Å². The molecule has 138 valence electrons. The lowest BCUT2D eigenvalue weighted by Crippen LogP contribution is -2.53. The van der Waals surface area contributed by atoms with Crippen molar-refractivity contribution in [2.75, 3.05) is 25.0 Å². The van der Waals surface area contributed by atoms with E-state index in [0.717, 1.165) is 19.4 Å². The summed E-state index contributed by atoms with van der Waals surface area (Å²) in [5.74, 6) is 0.682. The van der Waals surface area contributed by atoms with E-state index in [-0.39, 0.29) is 23.9 Å². The number of nitrogens with one attached hydrogen (secondary N) is 2. The minimum absolute atomic E-state index is 0.0605. The molecule has 1 aliphatic rings. The molecular formula is C19H29N3O3. The van der Waals surface area contributed by atoms with Gasteiger partial charge in [0, 0.05) is 19.0 Å². The van der Waals surface area contributed by atoms with Gasteiger partial charge in [0.1, 0.15) is 5.75 Å². The Morgan fingerprint density at radius 3 is 2.80 bits per heavy atom. The number of anilines is 1. The normalized spacial score (nSPS) is 19.1. The molecule has 0 saturated carbocycles. The van der Waals surface area contributed by atoms with Crippen LogP contribution >= 0.6 is 0 Å². The highest BCUT2D eigenvalue weighted by Gasteiger charge is 2.28. The first-order valence-electron chi connectivity index (χ1n) is 9.11. The van der Waals surface area contributed by atoms with Crippen LogP contribution in [0.3, 0.4) is 0 Å². The summed E-state index contributed by atoms with van der Waals surface area (Å²) in [7, 11) is 0. The Kier molecular flexibility index (Phi) is 7.25. The highest BCUT2D eigenvalue weighted by molar-refractivity contribution is 5.95. The Labute approximate surface area is 149 Å². The first-order valence-corrected chi connectivity index (χ1v) is 9.11. The van der Waals surface area contributed by atoms with Crippen LogP contribution in [-0.4, -0.2) is 48.5 Å². The zero-order valence-corrected chi connectivity index (χ0v) is 15.4. The molecule has 0 radical (unpaired) electrons. The van der Waals surface area contributed by atoms with E-state index < -0.39 is 0 Å². The molecule has 1 fully saturated rings. The van der Waals surface area contributed by atoms with Crippen molar-refractivity contribution in [2.45, 2.75) is 52.1 Å². The molecule has 1 aromatic rings. The van der Waals surface area contributed by atoms with Crippen molar-refractivity contribution in [2.24, 2.45) is 0 Å². The van der Waals surface area contributed by atoms with Gasteiger partial charge in [0.15, 0.2) is 0 Å². The molecule has 1 heterocycles. The van der Waals surface area contributed by atoms with Crippen molar-refractivity contribution in [3.8, 4) is 5.75 Å². The largest absolute Gasteiger partial charge is 0.492 e. The second-order valence-electron chi connectivity index (χ2n) is 6.35. The summed E-state index contributed by atoms with van der Waals surface area (Å²) >= 11 is 0. The number of para-hydroxylation sites is 2. The molecule has 2 N–H and O–H groups in total. The maximum atomic E-state index is 12.7. The van der Waals surface area contributed by atoms with E-state index in [9.17, 15) is 9.59 Å². The minimum atomic E-state index is -0.268. The van der Waals surface area contributed by atoms with Crippen LogP contribution in [0.2, 0.25) is 0 Å². The van der Waals surface area contributed by atoms with E-state index in [1.807, 2.05) is 45.0 Å². The topological polar surface area (TPSA) is 70.7 Å². The van der Waals surface area contributed by atoms with Crippen LogP contribution in [0.25, 0.3) is 0 Å². The number of carbonyl (C=O) groups excluding carboxylic acids is 2. The van der Waals surface area contributed by atoms with Gasteiger partial charge in [-0.15, -0.1) is 0 Å². The van der Waals surface area contributed by atoms with Crippen LogP contribution < -0.4 is 15.4 Å². The molecule has 2 unspecified atom stereocenters. The summed E-state index contributed by atoms with van der Waals surface area (Å²) in [4.78, 5) is 26.4. The Balaban J connectivity index is 1.96. The summed E-state index contributed by atoms with van der Waals surface area (Å²) in [6.45, 7) is 7.78. The molecule has 1 aromatic carbocycles. The van der Waals surface area contributed by atoms with E-state index in [1.54, 1.807) is 0 Å². The molecule has 2 atom stereocenters. The number of benzene rings is 1. The zero-order valence-electron chi connectivity index (χ0n) is 15.4. The number of hydrogen-bond acceptors (Lipinski definition) is 4. The highest BCUT2D eigenvalue weighted by atomic mass is 16.5. The molecule has 0 aromatic heterocycles. The number of rotatable bonds is 7. The number of ether oxygens (including phenoxy) is 1. The number of amides is 2. The van der Waals surface area contributed by atoms with Crippen molar-refractivity contribution in [1.29, 1.82) is 0 Å². The van der Waals surface area contributed by atoms with Gasteiger partial charge in [0.05, 0.1) is 18.3 Å². The Morgan fingerprint density at radius 2 is 2.08 bits per heavy atom. The molecule has 6 nitrogen and oxygen atoms in total. The Morgan fingerprint density at radius 1 is 1.32 bits per heavy atom. The van der Waals surface area contributed by atoms with Gasteiger partial charge in [0.25, 0.3) is 0 Å². The first kappa shape index (κ1) is 19.2. The highest BCUT2D eigenvalue weighted by Crippen LogP contribution is 2.24. The van der Waals surface area contributed by atoms with E-state index >= 15 is 0 Å². The predicted octanol–water partition coefficient (Wildman–Crippen LogP) is 2.40. The molecule has 1 saturated heterocycles. The van der Waals surface area contributed by atoms with Crippen LogP contribution in [0, 0.1) is 0 Å². The molecule has 0 spiro atoms. The maximum Gasteiger partial charge on any atom is 0.241 e. The number of hydrogen-bond donors (Lipinski definition) is 2. The monoisotopic (exact) mass is 347 g/mol. The minimum Gasteiger partial charge on any atom is -0.492 e. The summed E-state index contributed by atoms with van der Waals surface area (Å²) in [5, 5.41) is 6.00. The first-order chi connectivity index (χ1) is 12.0. The number of carbonyl (C=O) groups is 2. The van der Waals surface area contributed by atoms with Gasteiger partial charge in [-0.1, -0.05) is 19.1 Å². The van der Waals surface area contributed by atoms with Crippen molar-refractivity contribution >= 4 is 17.5 Å². The summed E-state index contributed by atoms with van der Waals surface area (Å²) < 4.78 is 5.56. The van der Waals surface area contributed by atoms with Crippen LogP contribution in [-0.2, 0) is 9.59 Å². The van der Waals surface area contributed by atoms with Crippen LogP contribution in [0.15, 0.2) is 24.3 Å². The van der Waals surface area contributed by atoms with E-state index in [0.29, 0.717) is 31.0 Å². The molecular weight excluding hydrogens is 318 g/mol. The summed E-state index contributed by atoms with van der Waals surface area (Å²) in [5.41, 5.74) is 0.689. The fourth-order valence-corrected chi connectivity index (χ4v) is 3.06. The number of piperidine rings is 1. The van der Waals surface area contributed by atoms with Gasteiger partial charge in [-0.3, -0.25) is 14.5 Å². The second-order valence-corrected chi connectivity index (χ2v) is 6.35. The lowest BCUT2D eigenvalue weighted by atomic mass is 10.0. The van der Waals surface area contributed by atoms with Gasteiger partial charge in [-0.25, -0.2) is 0 Å². The second kappa shape index (κ2) is 9.42. The molecule has 1 aliphatic heterocycles. The quantitative estimate of drug-likeness (QED) is 0.795. The van der Waals surface area contributed by atoms with Gasteiger partial charge in [-0.2, -0.15) is 0 Å². The van der Waals surface area contributed by atoms with Crippen molar-refractivity contribution in [3.63, 3.8) is 0 Å². The molecule has 6 heteroatoms.